The van der Waals surface area contributed by atoms with Crippen molar-refractivity contribution >= 4 is 15.7 Å². The molecule has 1 aromatic carbocycles. The largest absolute Gasteiger partial charge is 0.398 e. The van der Waals surface area contributed by atoms with Gasteiger partial charge >= 0.3 is 0 Å². The van der Waals surface area contributed by atoms with Crippen LogP contribution in [0.2, 0.25) is 0 Å². The third-order valence-electron chi connectivity index (χ3n) is 3.36. The molecule has 0 spiro atoms. The van der Waals surface area contributed by atoms with Crippen molar-refractivity contribution in [3.63, 3.8) is 0 Å². The molecule has 1 fully saturated rings. The summed E-state index contributed by atoms with van der Waals surface area (Å²) in [5.41, 5.74) is 5.59. The topological polar surface area (TPSA) is 63.4 Å². The van der Waals surface area contributed by atoms with E-state index < -0.39 is 15.8 Å². The third-order valence-corrected chi connectivity index (χ3v) is 5.40. The molecule has 4 nitrogen and oxygen atoms in total. The second-order valence-electron chi connectivity index (χ2n) is 4.48. The summed E-state index contributed by atoms with van der Waals surface area (Å²) in [5, 5.41) is 0. The number of benzene rings is 1. The van der Waals surface area contributed by atoms with Gasteiger partial charge in [0, 0.05) is 12.6 Å². The highest BCUT2D eigenvalue weighted by Crippen LogP contribution is 2.31. The van der Waals surface area contributed by atoms with E-state index in [9.17, 15) is 12.8 Å². The average Bonchev–Trinajstić information content (AvgIpc) is 2.77. The summed E-state index contributed by atoms with van der Waals surface area (Å²) in [7, 11) is -3.83. The van der Waals surface area contributed by atoms with Crippen molar-refractivity contribution in [2.24, 2.45) is 0 Å². The second-order valence-corrected chi connectivity index (χ2v) is 6.31. The Hall–Kier alpha value is -1.14. The highest BCUT2D eigenvalue weighted by atomic mass is 32.2. The zero-order valence-corrected chi connectivity index (χ0v) is 11.1. The molecule has 18 heavy (non-hydrogen) atoms. The SMILES string of the molecule is CCC1CCCN1S(=O)(=O)c1c(N)cccc1F. The van der Waals surface area contributed by atoms with Gasteiger partial charge in [-0.25, -0.2) is 12.8 Å². The van der Waals surface area contributed by atoms with Crippen molar-refractivity contribution in [1.82, 2.24) is 4.31 Å². The van der Waals surface area contributed by atoms with Crippen LogP contribution in [-0.4, -0.2) is 25.3 Å². The zero-order valence-electron chi connectivity index (χ0n) is 10.3. The number of hydrogen-bond donors (Lipinski definition) is 1. The molecule has 0 aliphatic carbocycles. The van der Waals surface area contributed by atoms with E-state index in [-0.39, 0.29) is 16.6 Å². The Morgan fingerprint density at radius 1 is 1.50 bits per heavy atom. The molecule has 1 saturated heterocycles. The van der Waals surface area contributed by atoms with Crippen LogP contribution in [0.4, 0.5) is 10.1 Å². The first kappa shape index (κ1) is 13.3. The van der Waals surface area contributed by atoms with Gasteiger partial charge in [0.05, 0.1) is 5.69 Å². The molecule has 0 aromatic heterocycles. The van der Waals surface area contributed by atoms with Crippen molar-refractivity contribution in [1.29, 1.82) is 0 Å². The van der Waals surface area contributed by atoms with Crippen LogP contribution in [0, 0.1) is 5.82 Å². The van der Waals surface area contributed by atoms with Gasteiger partial charge < -0.3 is 5.73 Å². The van der Waals surface area contributed by atoms with Crippen LogP contribution in [0.5, 0.6) is 0 Å². The Labute approximate surface area is 107 Å². The summed E-state index contributed by atoms with van der Waals surface area (Å²) in [6.07, 6.45) is 2.36. The first-order valence-electron chi connectivity index (χ1n) is 6.04. The maximum Gasteiger partial charge on any atom is 0.248 e. The molecule has 6 heteroatoms. The van der Waals surface area contributed by atoms with Crippen LogP contribution in [0.1, 0.15) is 26.2 Å². The van der Waals surface area contributed by atoms with Gasteiger partial charge in [0.2, 0.25) is 10.0 Å². The molecule has 1 aliphatic rings. The molecular formula is C12H17FN2O2S. The van der Waals surface area contributed by atoms with E-state index in [1.54, 1.807) is 0 Å². The van der Waals surface area contributed by atoms with E-state index in [1.807, 2.05) is 6.92 Å². The van der Waals surface area contributed by atoms with E-state index in [4.69, 9.17) is 5.73 Å². The van der Waals surface area contributed by atoms with E-state index in [0.29, 0.717) is 6.54 Å². The Bertz CT molecular complexity index is 525. The first-order valence-corrected chi connectivity index (χ1v) is 7.48. The number of rotatable bonds is 3. The van der Waals surface area contributed by atoms with Crippen molar-refractivity contribution in [2.75, 3.05) is 12.3 Å². The number of hydrogen-bond acceptors (Lipinski definition) is 3. The number of nitrogens with two attached hydrogens (primary N) is 1. The van der Waals surface area contributed by atoms with Crippen LogP contribution in [0.25, 0.3) is 0 Å². The Kier molecular flexibility index (Phi) is 3.59. The van der Waals surface area contributed by atoms with Crippen molar-refractivity contribution in [3.05, 3.63) is 24.0 Å². The smallest absolute Gasteiger partial charge is 0.248 e. The van der Waals surface area contributed by atoms with Crippen molar-refractivity contribution in [3.8, 4) is 0 Å². The lowest BCUT2D eigenvalue weighted by Gasteiger charge is -2.23. The van der Waals surface area contributed by atoms with Gasteiger partial charge in [-0.1, -0.05) is 13.0 Å². The molecular weight excluding hydrogens is 255 g/mol. The second kappa shape index (κ2) is 4.85. The molecule has 1 aromatic rings. The maximum absolute atomic E-state index is 13.7. The summed E-state index contributed by atoms with van der Waals surface area (Å²) in [4.78, 5) is -0.384. The molecule has 0 amide bonds. The van der Waals surface area contributed by atoms with Crippen LogP contribution >= 0.6 is 0 Å². The lowest BCUT2D eigenvalue weighted by Crippen LogP contribution is -2.36. The number of sulfonamides is 1. The third kappa shape index (κ3) is 2.10. The lowest BCUT2D eigenvalue weighted by molar-refractivity contribution is 0.377. The van der Waals surface area contributed by atoms with Gasteiger partial charge in [-0.15, -0.1) is 0 Å². The molecule has 1 aliphatic heterocycles. The molecule has 1 atom stereocenters. The summed E-state index contributed by atoms with van der Waals surface area (Å²) >= 11 is 0. The highest BCUT2D eigenvalue weighted by molar-refractivity contribution is 7.89. The Morgan fingerprint density at radius 2 is 2.22 bits per heavy atom. The minimum atomic E-state index is -3.83. The number of nitrogens with zero attached hydrogens (tertiary/aromatic N) is 1. The summed E-state index contributed by atoms with van der Waals surface area (Å²) in [6.45, 7) is 2.37. The molecule has 2 N–H and O–H groups in total. The summed E-state index contributed by atoms with van der Waals surface area (Å²) in [6, 6.07) is 3.90. The number of anilines is 1. The predicted molar refractivity (Wildman–Crippen MR) is 68.0 cm³/mol. The maximum atomic E-state index is 13.7. The van der Waals surface area contributed by atoms with E-state index >= 15 is 0 Å². The van der Waals surface area contributed by atoms with Crippen molar-refractivity contribution in [2.45, 2.75) is 37.1 Å². The van der Waals surface area contributed by atoms with Gasteiger partial charge in [0.15, 0.2) is 0 Å². The minimum absolute atomic E-state index is 0.0308. The molecule has 0 bridgehead atoms. The van der Waals surface area contributed by atoms with Crippen LogP contribution in [0.15, 0.2) is 23.1 Å². The Morgan fingerprint density at radius 3 is 2.83 bits per heavy atom. The normalized spacial score (nSPS) is 21.3. The monoisotopic (exact) mass is 272 g/mol. The fraction of sp³-hybridized carbons (Fsp3) is 0.500. The molecule has 2 rings (SSSR count). The quantitative estimate of drug-likeness (QED) is 0.856. The fourth-order valence-corrected chi connectivity index (χ4v) is 4.38. The summed E-state index contributed by atoms with van der Waals surface area (Å²) < 4.78 is 40.0. The average molecular weight is 272 g/mol. The predicted octanol–water partition coefficient (Wildman–Crippen LogP) is 1.97. The van der Waals surface area contributed by atoms with Gasteiger partial charge in [-0.2, -0.15) is 4.31 Å². The minimum Gasteiger partial charge on any atom is -0.398 e. The fourth-order valence-electron chi connectivity index (χ4n) is 2.45. The van der Waals surface area contributed by atoms with E-state index in [2.05, 4.69) is 0 Å². The first-order chi connectivity index (χ1) is 8.48. The molecule has 100 valence electrons. The van der Waals surface area contributed by atoms with E-state index in [0.717, 1.165) is 25.3 Å². The van der Waals surface area contributed by atoms with Gasteiger partial charge in [-0.3, -0.25) is 0 Å². The van der Waals surface area contributed by atoms with Crippen molar-refractivity contribution < 1.29 is 12.8 Å². The molecule has 0 radical (unpaired) electrons. The van der Waals surface area contributed by atoms with Gasteiger partial charge in [-0.05, 0) is 31.4 Å². The molecule has 1 unspecified atom stereocenters. The van der Waals surface area contributed by atoms with Gasteiger partial charge in [0.1, 0.15) is 10.7 Å². The summed E-state index contributed by atoms with van der Waals surface area (Å²) in [5.74, 6) is -0.781. The lowest BCUT2D eigenvalue weighted by atomic mass is 10.2. The highest BCUT2D eigenvalue weighted by Gasteiger charge is 2.36. The standard InChI is InChI=1S/C12H17FN2O2S/c1-2-9-5-4-8-15(9)18(16,17)12-10(13)6-3-7-11(12)14/h3,6-7,9H,2,4-5,8,14H2,1H3. The van der Waals surface area contributed by atoms with Crippen LogP contribution < -0.4 is 5.73 Å². The van der Waals surface area contributed by atoms with Crippen LogP contribution in [0.3, 0.4) is 0 Å². The zero-order chi connectivity index (χ0) is 13.3. The molecule has 0 saturated carbocycles. The number of halogens is 1. The van der Waals surface area contributed by atoms with Crippen LogP contribution in [-0.2, 0) is 10.0 Å². The molecule has 1 heterocycles. The number of nitrogen functional groups attached to an aromatic ring is 1. The van der Waals surface area contributed by atoms with E-state index in [1.165, 1.54) is 16.4 Å². The Balaban J connectivity index is 2.49. The van der Waals surface area contributed by atoms with Gasteiger partial charge in [0.25, 0.3) is 0 Å².